The van der Waals surface area contributed by atoms with Crippen LogP contribution in [0.25, 0.3) is 0 Å². The zero-order chi connectivity index (χ0) is 13.2. The Bertz CT molecular complexity index is 446. The Balaban J connectivity index is 1.61. The van der Waals surface area contributed by atoms with Gasteiger partial charge in [0.15, 0.2) is 0 Å². The van der Waals surface area contributed by atoms with Crippen LogP contribution in [0.15, 0.2) is 6.33 Å². The van der Waals surface area contributed by atoms with Crippen molar-refractivity contribution in [2.24, 2.45) is 18.9 Å². The van der Waals surface area contributed by atoms with E-state index in [4.69, 9.17) is 0 Å². The van der Waals surface area contributed by atoms with Gasteiger partial charge in [-0.15, -0.1) is 0 Å². The fourth-order valence-corrected chi connectivity index (χ4v) is 3.12. The molecule has 0 aromatic carbocycles. The number of nitrogens with zero attached hydrogens (tertiary/aromatic N) is 3. The number of carbonyl (C=O) groups is 1. The van der Waals surface area contributed by atoms with E-state index in [1.807, 2.05) is 7.05 Å². The first-order chi connectivity index (χ1) is 9.24. The Kier molecular flexibility index (Phi) is 3.53. The number of aryl methyl sites for hydroxylation is 1. The molecule has 3 rings (SSSR count). The standard InChI is InChI=1S/C14H22N4O/c1-18-14(15-9-16-18)13(11-6-7-11)17-12(19)8-10-4-2-3-5-10/h9-11,13H,2-8H2,1H3,(H,17,19)/t13-/m1/s1. The molecular weight excluding hydrogens is 240 g/mol. The summed E-state index contributed by atoms with van der Waals surface area (Å²) in [6.45, 7) is 0. The zero-order valence-corrected chi connectivity index (χ0v) is 11.5. The molecule has 0 aliphatic heterocycles. The first-order valence-electron chi connectivity index (χ1n) is 7.37. The Morgan fingerprint density at radius 1 is 1.42 bits per heavy atom. The Hall–Kier alpha value is -1.39. The summed E-state index contributed by atoms with van der Waals surface area (Å²) < 4.78 is 1.78. The molecular formula is C14H22N4O. The molecule has 104 valence electrons. The highest BCUT2D eigenvalue weighted by Gasteiger charge is 2.36. The third-order valence-corrected chi connectivity index (χ3v) is 4.38. The SMILES string of the molecule is Cn1ncnc1[C@H](NC(=O)CC1CCCC1)C1CC1. The van der Waals surface area contributed by atoms with E-state index in [0.717, 1.165) is 5.82 Å². The van der Waals surface area contributed by atoms with Crippen molar-refractivity contribution in [3.8, 4) is 0 Å². The molecule has 1 aromatic rings. The van der Waals surface area contributed by atoms with Gasteiger partial charge >= 0.3 is 0 Å². The lowest BCUT2D eigenvalue weighted by molar-refractivity contribution is -0.123. The summed E-state index contributed by atoms with van der Waals surface area (Å²) in [5.74, 6) is 2.23. The first kappa shape index (κ1) is 12.6. The molecule has 0 radical (unpaired) electrons. The van der Waals surface area contributed by atoms with E-state index in [1.165, 1.54) is 38.5 Å². The third-order valence-electron chi connectivity index (χ3n) is 4.38. The van der Waals surface area contributed by atoms with Crippen LogP contribution in [0.5, 0.6) is 0 Å². The van der Waals surface area contributed by atoms with E-state index < -0.39 is 0 Å². The predicted octanol–water partition coefficient (Wildman–Crippen LogP) is 1.96. The minimum atomic E-state index is 0.0569. The summed E-state index contributed by atoms with van der Waals surface area (Å²) in [5, 5.41) is 7.30. The number of carbonyl (C=O) groups excluding carboxylic acids is 1. The lowest BCUT2D eigenvalue weighted by Crippen LogP contribution is -2.32. The Labute approximate surface area is 113 Å². The number of amides is 1. The number of aromatic nitrogens is 3. The summed E-state index contributed by atoms with van der Waals surface area (Å²) in [5.41, 5.74) is 0. The molecule has 1 heterocycles. The maximum absolute atomic E-state index is 12.2. The molecule has 5 heteroatoms. The summed E-state index contributed by atoms with van der Waals surface area (Å²) in [4.78, 5) is 16.5. The zero-order valence-electron chi connectivity index (χ0n) is 11.5. The molecule has 2 fully saturated rings. The third kappa shape index (κ3) is 2.96. The molecule has 19 heavy (non-hydrogen) atoms. The number of hydrogen-bond acceptors (Lipinski definition) is 3. The number of rotatable bonds is 5. The van der Waals surface area contributed by atoms with Crippen molar-refractivity contribution >= 4 is 5.91 Å². The second-order valence-electron chi connectivity index (χ2n) is 5.98. The smallest absolute Gasteiger partial charge is 0.220 e. The van der Waals surface area contributed by atoms with E-state index in [2.05, 4.69) is 15.4 Å². The van der Waals surface area contributed by atoms with Crippen molar-refractivity contribution in [2.75, 3.05) is 0 Å². The lowest BCUT2D eigenvalue weighted by Gasteiger charge is -2.18. The van der Waals surface area contributed by atoms with Crippen molar-refractivity contribution in [3.63, 3.8) is 0 Å². The normalized spacial score (nSPS) is 21.5. The van der Waals surface area contributed by atoms with Crippen LogP contribution in [0, 0.1) is 11.8 Å². The second kappa shape index (κ2) is 5.31. The quantitative estimate of drug-likeness (QED) is 0.882. The van der Waals surface area contributed by atoms with Crippen molar-refractivity contribution in [2.45, 2.75) is 51.0 Å². The van der Waals surface area contributed by atoms with E-state index in [0.29, 0.717) is 18.3 Å². The molecule has 1 aromatic heterocycles. The van der Waals surface area contributed by atoms with Gasteiger partial charge in [-0.25, -0.2) is 4.98 Å². The first-order valence-corrected chi connectivity index (χ1v) is 7.37. The van der Waals surface area contributed by atoms with E-state index >= 15 is 0 Å². The van der Waals surface area contributed by atoms with E-state index in [1.54, 1.807) is 11.0 Å². The van der Waals surface area contributed by atoms with Crippen LogP contribution in [-0.4, -0.2) is 20.7 Å². The maximum atomic E-state index is 12.2. The predicted molar refractivity (Wildman–Crippen MR) is 71.2 cm³/mol. The van der Waals surface area contributed by atoms with Gasteiger partial charge in [0.2, 0.25) is 5.91 Å². The summed E-state index contributed by atoms with van der Waals surface area (Å²) in [6, 6.07) is 0.0569. The Morgan fingerprint density at radius 3 is 2.74 bits per heavy atom. The summed E-state index contributed by atoms with van der Waals surface area (Å²) >= 11 is 0. The second-order valence-corrected chi connectivity index (χ2v) is 5.98. The van der Waals surface area contributed by atoms with Gasteiger partial charge in [0.05, 0.1) is 6.04 Å². The average molecular weight is 262 g/mol. The fraction of sp³-hybridized carbons (Fsp3) is 0.786. The number of hydrogen-bond donors (Lipinski definition) is 1. The van der Waals surface area contributed by atoms with Crippen LogP contribution in [0.2, 0.25) is 0 Å². The molecule has 0 unspecified atom stereocenters. The molecule has 1 amide bonds. The minimum Gasteiger partial charge on any atom is -0.346 e. The molecule has 2 aliphatic carbocycles. The van der Waals surface area contributed by atoms with Gasteiger partial charge in [0, 0.05) is 13.5 Å². The van der Waals surface area contributed by atoms with Crippen LogP contribution in [0.1, 0.15) is 56.8 Å². The fourth-order valence-electron chi connectivity index (χ4n) is 3.12. The number of nitrogens with one attached hydrogen (secondary N) is 1. The molecule has 1 atom stereocenters. The van der Waals surface area contributed by atoms with Crippen molar-refractivity contribution in [1.29, 1.82) is 0 Å². The monoisotopic (exact) mass is 262 g/mol. The summed E-state index contributed by atoms with van der Waals surface area (Å²) in [6.07, 6.45) is 9.61. The van der Waals surface area contributed by atoms with Crippen LogP contribution in [0.4, 0.5) is 0 Å². The van der Waals surface area contributed by atoms with Crippen LogP contribution < -0.4 is 5.32 Å². The van der Waals surface area contributed by atoms with E-state index in [9.17, 15) is 4.79 Å². The van der Waals surface area contributed by atoms with Gasteiger partial charge < -0.3 is 5.32 Å². The molecule has 1 N–H and O–H groups in total. The van der Waals surface area contributed by atoms with Gasteiger partial charge in [-0.2, -0.15) is 5.10 Å². The van der Waals surface area contributed by atoms with Crippen molar-refractivity contribution in [1.82, 2.24) is 20.1 Å². The van der Waals surface area contributed by atoms with Crippen molar-refractivity contribution < 1.29 is 4.79 Å². The molecule has 2 aliphatic rings. The molecule has 0 saturated heterocycles. The molecule has 2 saturated carbocycles. The minimum absolute atomic E-state index is 0.0569. The van der Waals surface area contributed by atoms with Gasteiger partial charge in [-0.1, -0.05) is 12.8 Å². The van der Waals surface area contributed by atoms with E-state index in [-0.39, 0.29) is 11.9 Å². The molecule has 5 nitrogen and oxygen atoms in total. The molecule has 0 bridgehead atoms. The van der Waals surface area contributed by atoms with Crippen LogP contribution >= 0.6 is 0 Å². The average Bonchev–Trinajstić information content (AvgIpc) is 2.94. The van der Waals surface area contributed by atoms with Gasteiger partial charge in [-0.3, -0.25) is 9.48 Å². The van der Waals surface area contributed by atoms with Crippen LogP contribution in [-0.2, 0) is 11.8 Å². The molecule has 0 spiro atoms. The Morgan fingerprint density at radius 2 is 2.16 bits per heavy atom. The lowest BCUT2D eigenvalue weighted by atomic mass is 10.0. The largest absolute Gasteiger partial charge is 0.346 e. The van der Waals surface area contributed by atoms with Crippen LogP contribution in [0.3, 0.4) is 0 Å². The van der Waals surface area contributed by atoms with Crippen molar-refractivity contribution in [3.05, 3.63) is 12.2 Å². The van der Waals surface area contributed by atoms with Gasteiger partial charge in [-0.05, 0) is 37.5 Å². The highest BCUT2D eigenvalue weighted by atomic mass is 16.1. The highest BCUT2D eigenvalue weighted by Crippen LogP contribution is 2.40. The highest BCUT2D eigenvalue weighted by molar-refractivity contribution is 5.76. The summed E-state index contributed by atoms with van der Waals surface area (Å²) in [7, 11) is 1.89. The van der Waals surface area contributed by atoms with Gasteiger partial charge in [0.25, 0.3) is 0 Å². The topological polar surface area (TPSA) is 59.8 Å². The maximum Gasteiger partial charge on any atom is 0.220 e. The van der Waals surface area contributed by atoms with Gasteiger partial charge in [0.1, 0.15) is 12.2 Å².